The number of rotatable bonds is 6. The predicted octanol–water partition coefficient (Wildman–Crippen LogP) is 2.93. The molecular weight excluding hydrogens is 228 g/mol. The zero-order valence-electron chi connectivity index (χ0n) is 10.6. The summed E-state index contributed by atoms with van der Waals surface area (Å²) in [5.41, 5.74) is 0.961. The van der Waals surface area contributed by atoms with E-state index in [2.05, 4.69) is 10.3 Å². The molecule has 0 radical (unpaired) electrons. The molecule has 0 bridgehead atoms. The third kappa shape index (κ3) is 2.82. The van der Waals surface area contributed by atoms with Crippen molar-refractivity contribution in [1.82, 2.24) is 10.3 Å². The van der Waals surface area contributed by atoms with Crippen molar-refractivity contribution in [2.45, 2.75) is 38.6 Å². The van der Waals surface area contributed by atoms with E-state index in [0.29, 0.717) is 0 Å². The van der Waals surface area contributed by atoms with Crippen molar-refractivity contribution >= 4 is 0 Å². The zero-order valence-corrected chi connectivity index (χ0v) is 10.6. The number of nitrogens with one attached hydrogen (secondary N) is 1. The van der Waals surface area contributed by atoms with Crippen LogP contribution in [0.2, 0.25) is 0 Å². The quantitative estimate of drug-likeness (QED) is 0.796. The highest BCUT2D eigenvalue weighted by Crippen LogP contribution is 2.23. The highest BCUT2D eigenvalue weighted by Gasteiger charge is 2.19. The number of furan rings is 1. The molecule has 1 fully saturated rings. The van der Waals surface area contributed by atoms with Crippen molar-refractivity contribution in [1.29, 1.82) is 0 Å². The molecule has 1 N–H and O–H groups in total. The predicted molar refractivity (Wildman–Crippen MR) is 68.3 cm³/mol. The molecule has 1 saturated carbocycles. The summed E-state index contributed by atoms with van der Waals surface area (Å²) in [4.78, 5) is 4.30. The van der Waals surface area contributed by atoms with Crippen LogP contribution in [0.3, 0.4) is 0 Å². The minimum Gasteiger partial charge on any atom is -0.469 e. The van der Waals surface area contributed by atoms with E-state index in [1.807, 2.05) is 13.0 Å². The maximum atomic E-state index is 5.71. The lowest BCUT2D eigenvalue weighted by molar-refractivity contribution is 0.489. The van der Waals surface area contributed by atoms with Crippen molar-refractivity contribution in [3.8, 4) is 11.3 Å². The highest BCUT2D eigenvalue weighted by atomic mass is 16.4. The van der Waals surface area contributed by atoms with Crippen LogP contribution in [0.15, 0.2) is 27.4 Å². The van der Waals surface area contributed by atoms with Crippen molar-refractivity contribution in [3.63, 3.8) is 0 Å². The molecule has 1 aliphatic rings. The van der Waals surface area contributed by atoms with Crippen LogP contribution in [-0.4, -0.2) is 17.6 Å². The first-order chi connectivity index (χ1) is 8.81. The summed E-state index contributed by atoms with van der Waals surface area (Å²) in [6.45, 7) is 2.97. The molecule has 4 heteroatoms. The Morgan fingerprint density at radius 1 is 1.44 bits per heavy atom. The fraction of sp³-hybridized carbons (Fsp3) is 0.500. The van der Waals surface area contributed by atoms with Gasteiger partial charge in [-0.15, -0.1) is 0 Å². The van der Waals surface area contributed by atoms with Crippen LogP contribution in [0, 0.1) is 6.92 Å². The van der Waals surface area contributed by atoms with Crippen LogP contribution in [0.25, 0.3) is 11.3 Å². The van der Waals surface area contributed by atoms with E-state index in [-0.39, 0.29) is 0 Å². The molecule has 3 rings (SSSR count). The van der Waals surface area contributed by atoms with Gasteiger partial charge in [0.25, 0.3) is 0 Å². The molecule has 96 valence electrons. The van der Waals surface area contributed by atoms with E-state index < -0.39 is 0 Å². The summed E-state index contributed by atoms with van der Waals surface area (Å²) < 4.78 is 11.0. The van der Waals surface area contributed by atoms with Gasteiger partial charge >= 0.3 is 0 Å². The first-order valence-electron chi connectivity index (χ1n) is 6.55. The topological polar surface area (TPSA) is 51.2 Å². The van der Waals surface area contributed by atoms with Crippen LogP contribution >= 0.6 is 0 Å². The third-order valence-corrected chi connectivity index (χ3v) is 3.15. The van der Waals surface area contributed by atoms with Gasteiger partial charge in [0.15, 0.2) is 11.7 Å². The molecule has 4 nitrogen and oxygen atoms in total. The lowest BCUT2D eigenvalue weighted by Gasteiger charge is -1.99. The van der Waals surface area contributed by atoms with E-state index >= 15 is 0 Å². The van der Waals surface area contributed by atoms with E-state index in [0.717, 1.165) is 48.4 Å². The molecule has 0 atom stereocenters. The standard InChI is InChI=1S/C14H18N2O2/c1-10-7-11(9-17-10)13-8-16-14(18-13)3-2-6-15-12-4-5-12/h7-9,12,15H,2-6H2,1H3. The van der Waals surface area contributed by atoms with E-state index in [1.54, 1.807) is 12.5 Å². The second kappa shape index (κ2) is 4.98. The van der Waals surface area contributed by atoms with Gasteiger partial charge in [-0.2, -0.15) is 0 Å². The van der Waals surface area contributed by atoms with Crippen LogP contribution in [0.4, 0.5) is 0 Å². The number of hydrogen-bond donors (Lipinski definition) is 1. The molecule has 2 aromatic rings. The lowest BCUT2D eigenvalue weighted by Crippen LogP contribution is -2.17. The smallest absolute Gasteiger partial charge is 0.194 e. The Kier molecular flexibility index (Phi) is 3.19. The third-order valence-electron chi connectivity index (χ3n) is 3.15. The van der Waals surface area contributed by atoms with E-state index in [1.165, 1.54) is 12.8 Å². The molecule has 0 amide bonds. The van der Waals surface area contributed by atoms with Gasteiger partial charge in [-0.05, 0) is 38.8 Å². The average Bonchev–Trinajstić information content (AvgIpc) is 2.88. The number of hydrogen-bond acceptors (Lipinski definition) is 4. The number of oxazole rings is 1. The van der Waals surface area contributed by atoms with Crippen molar-refractivity contribution in [2.24, 2.45) is 0 Å². The van der Waals surface area contributed by atoms with Gasteiger partial charge in [0.2, 0.25) is 0 Å². The summed E-state index contributed by atoms with van der Waals surface area (Å²) in [5.74, 6) is 2.48. The van der Waals surface area contributed by atoms with Crippen molar-refractivity contribution < 1.29 is 8.83 Å². The van der Waals surface area contributed by atoms with Crippen LogP contribution in [0.1, 0.15) is 30.9 Å². The average molecular weight is 246 g/mol. The Hall–Kier alpha value is -1.55. The van der Waals surface area contributed by atoms with Gasteiger partial charge in [-0.25, -0.2) is 4.98 Å². The number of nitrogens with zero attached hydrogens (tertiary/aromatic N) is 1. The minimum atomic E-state index is 0.777. The normalized spacial score (nSPS) is 15.2. The summed E-state index contributed by atoms with van der Waals surface area (Å²) in [5, 5.41) is 3.48. The number of aryl methyl sites for hydroxylation is 2. The fourth-order valence-electron chi connectivity index (χ4n) is 1.97. The minimum absolute atomic E-state index is 0.777. The second-order valence-electron chi connectivity index (χ2n) is 4.90. The molecule has 18 heavy (non-hydrogen) atoms. The monoisotopic (exact) mass is 246 g/mol. The molecule has 0 spiro atoms. The van der Waals surface area contributed by atoms with E-state index in [9.17, 15) is 0 Å². The van der Waals surface area contributed by atoms with Crippen LogP contribution in [0.5, 0.6) is 0 Å². The zero-order chi connectivity index (χ0) is 12.4. The van der Waals surface area contributed by atoms with Gasteiger partial charge in [0.1, 0.15) is 12.0 Å². The Bertz CT molecular complexity index is 511. The highest BCUT2D eigenvalue weighted by molar-refractivity contribution is 5.55. The Morgan fingerprint density at radius 2 is 2.33 bits per heavy atom. The van der Waals surface area contributed by atoms with Crippen molar-refractivity contribution in [2.75, 3.05) is 6.54 Å². The van der Waals surface area contributed by atoms with Crippen LogP contribution < -0.4 is 5.32 Å². The van der Waals surface area contributed by atoms with Gasteiger partial charge in [0, 0.05) is 12.5 Å². The molecule has 0 aliphatic heterocycles. The molecule has 2 heterocycles. The maximum Gasteiger partial charge on any atom is 0.194 e. The summed E-state index contributed by atoms with van der Waals surface area (Å²) in [6.07, 6.45) is 8.10. The van der Waals surface area contributed by atoms with Gasteiger partial charge < -0.3 is 14.2 Å². The summed E-state index contributed by atoms with van der Waals surface area (Å²) >= 11 is 0. The first kappa shape index (κ1) is 11.5. The second-order valence-corrected chi connectivity index (χ2v) is 4.90. The Morgan fingerprint density at radius 3 is 3.06 bits per heavy atom. The Balaban J connectivity index is 1.52. The van der Waals surface area contributed by atoms with Gasteiger partial charge in [0.05, 0.1) is 11.8 Å². The van der Waals surface area contributed by atoms with E-state index in [4.69, 9.17) is 8.83 Å². The first-order valence-corrected chi connectivity index (χ1v) is 6.55. The maximum absolute atomic E-state index is 5.71. The van der Waals surface area contributed by atoms with Crippen LogP contribution in [-0.2, 0) is 6.42 Å². The van der Waals surface area contributed by atoms with Crippen molar-refractivity contribution in [3.05, 3.63) is 30.2 Å². The summed E-state index contributed by atoms with van der Waals surface area (Å²) in [7, 11) is 0. The molecule has 2 aromatic heterocycles. The largest absolute Gasteiger partial charge is 0.469 e. The molecule has 0 aromatic carbocycles. The lowest BCUT2D eigenvalue weighted by atomic mass is 10.3. The Labute approximate surface area is 106 Å². The fourth-order valence-corrected chi connectivity index (χ4v) is 1.97. The molecular formula is C14H18N2O2. The molecule has 0 saturated heterocycles. The molecule has 1 aliphatic carbocycles. The van der Waals surface area contributed by atoms with Gasteiger partial charge in [-0.3, -0.25) is 0 Å². The SMILES string of the molecule is Cc1cc(-c2cnc(CCCNC3CC3)o2)co1. The summed E-state index contributed by atoms with van der Waals surface area (Å²) in [6, 6.07) is 2.73. The number of aromatic nitrogens is 1. The van der Waals surface area contributed by atoms with Gasteiger partial charge in [-0.1, -0.05) is 0 Å². The molecule has 0 unspecified atom stereocenters.